The molecule has 0 saturated carbocycles. The Balaban J connectivity index is 1.76. The number of halogens is 1. The number of carbonyl (C=O) groups excluding carboxylic acids is 1. The Bertz CT molecular complexity index is 687. The van der Waals surface area contributed by atoms with Crippen molar-refractivity contribution in [1.29, 1.82) is 0 Å². The summed E-state index contributed by atoms with van der Waals surface area (Å²) in [5, 5.41) is 0. The molecule has 2 aromatic rings. The van der Waals surface area contributed by atoms with Crippen molar-refractivity contribution in [1.82, 2.24) is 9.97 Å². The predicted molar refractivity (Wildman–Crippen MR) is 84.2 cm³/mol. The Hall–Kier alpha value is -2.54. The minimum atomic E-state index is -0.637. The quantitative estimate of drug-likeness (QED) is 0.863. The number of amides is 1. The highest BCUT2D eigenvalue weighted by Gasteiger charge is 2.18. The highest BCUT2D eigenvalue weighted by atomic mass is 19.1. The van der Waals surface area contributed by atoms with Gasteiger partial charge in [-0.05, 0) is 18.2 Å². The van der Waals surface area contributed by atoms with E-state index in [1.165, 1.54) is 17.2 Å². The van der Waals surface area contributed by atoms with E-state index in [0.717, 1.165) is 25.1 Å². The molecule has 3 heterocycles. The standard InChI is InChI=1S/C16H17FN4O2/c1-20(16(22)13-4-5-18-11-14(13)17)12-2-3-15(19-10-12)21-6-8-23-9-7-21/h2-5,10-11H,6-9H2,1H3. The van der Waals surface area contributed by atoms with Gasteiger partial charge in [-0.25, -0.2) is 9.37 Å². The van der Waals surface area contributed by atoms with Crippen molar-refractivity contribution in [3.63, 3.8) is 0 Å². The second kappa shape index (κ2) is 6.70. The van der Waals surface area contributed by atoms with Crippen LogP contribution in [0.5, 0.6) is 0 Å². The summed E-state index contributed by atoms with van der Waals surface area (Å²) >= 11 is 0. The van der Waals surface area contributed by atoms with Gasteiger partial charge in [0, 0.05) is 26.3 Å². The molecule has 1 aliphatic rings. The van der Waals surface area contributed by atoms with Crippen molar-refractivity contribution in [3.05, 3.63) is 48.2 Å². The van der Waals surface area contributed by atoms with Crippen LogP contribution >= 0.6 is 0 Å². The van der Waals surface area contributed by atoms with Gasteiger partial charge in [-0.15, -0.1) is 0 Å². The third kappa shape index (κ3) is 3.29. The van der Waals surface area contributed by atoms with Crippen molar-refractivity contribution >= 4 is 17.4 Å². The Morgan fingerprint density at radius 3 is 2.70 bits per heavy atom. The summed E-state index contributed by atoms with van der Waals surface area (Å²) in [6, 6.07) is 5.02. The largest absolute Gasteiger partial charge is 0.378 e. The smallest absolute Gasteiger partial charge is 0.261 e. The van der Waals surface area contributed by atoms with Gasteiger partial charge < -0.3 is 14.5 Å². The van der Waals surface area contributed by atoms with Crippen molar-refractivity contribution in [2.45, 2.75) is 0 Å². The Morgan fingerprint density at radius 2 is 2.04 bits per heavy atom. The number of morpholine rings is 1. The van der Waals surface area contributed by atoms with Crippen LogP contribution in [-0.4, -0.2) is 49.2 Å². The molecule has 120 valence electrons. The molecule has 6 nitrogen and oxygen atoms in total. The number of pyridine rings is 2. The molecular formula is C16H17FN4O2. The molecule has 7 heteroatoms. The van der Waals surface area contributed by atoms with E-state index in [4.69, 9.17) is 4.74 Å². The summed E-state index contributed by atoms with van der Waals surface area (Å²) in [4.78, 5) is 23.9. The fourth-order valence-corrected chi connectivity index (χ4v) is 2.40. The molecule has 1 aliphatic heterocycles. The molecule has 0 aliphatic carbocycles. The summed E-state index contributed by atoms with van der Waals surface area (Å²) in [5.41, 5.74) is 0.586. The van der Waals surface area contributed by atoms with Gasteiger partial charge in [-0.1, -0.05) is 0 Å². The highest BCUT2D eigenvalue weighted by molar-refractivity contribution is 6.05. The average molecular weight is 316 g/mol. The zero-order valence-electron chi connectivity index (χ0n) is 12.8. The normalized spacial score (nSPS) is 14.6. The Kier molecular flexibility index (Phi) is 4.47. The van der Waals surface area contributed by atoms with E-state index in [0.29, 0.717) is 18.9 Å². The van der Waals surface area contributed by atoms with Gasteiger partial charge in [0.15, 0.2) is 5.82 Å². The van der Waals surface area contributed by atoms with Gasteiger partial charge in [-0.3, -0.25) is 9.78 Å². The van der Waals surface area contributed by atoms with E-state index in [-0.39, 0.29) is 5.56 Å². The minimum Gasteiger partial charge on any atom is -0.378 e. The molecule has 3 rings (SSSR count). The maximum Gasteiger partial charge on any atom is 0.261 e. The van der Waals surface area contributed by atoms with Gasteiger partial charge in [0.1, 0.15) is 5.82 Å². The van der Waals surface area contributed by atoms with Gasteiger partial charge in [0.2, 0.25) is 0 Å². The molecule has 2 aromatic heterocycles. The summed E-state index contributed by atoms with van der Waals surface area (Å²) in [5.74, 6) is -0.235. The molecule has 23 heavy (non-hydrogen) atoms. The van der Waals surface area contributed by atoms with Crippen LogP contribution in [0.2, 0.25) is 0 Å². The number of aromatic nitrogens is 2. The van der Waals surface area contributed by atoms with Crippen LogP contribution in [0, 0.1) is 5.82 Å². The van der Waals surface area contributed by atoms with E-state index in [1.807, 2.05) is 6.07 Å². The van der Waals surface area contributed by atoms with Crippen LogP contribution in [0.25, 0.3) is 0 Å². The van der Waals surface area contributed by atoms with Crippen molar-refractivity contribution in [2.24, 2.45) is 0 Å². The zero-order valence-corrected chi connectivity index (χ0v) is 12.8. The lowest BCUT2D eigenvalue weighted by Gasteiger charge is -2.28. The van der Waals surface area contributed by atoms with Crippen LogP contribution in [0.1, 0.15) is 10.4 Å². The number of carbonyl (C=O) groups is 1. The van der Waals surface area contributed by atoms with Crippen LogP contribution in [-0.2, 0) is 4.74 Å². The van der Waals surface area contributed by atoms with Crippen molar-refractivity contribution in [3.8, 4) is 0 Å². The molecule has 0 spiro atoms. The fourth-order valence-electron chi connectivity index (χ4n) is 2.40. The predicted octanol–water partition coefficient (Wildman–Crippen LogP) is 1.73. The molecule has 1 fully saturated rings. The average Bonchev–Trinajstić information content (AvgIpc) is 2.62. The van der Waals surface area contributed by atoms with Gasteiger partial charge in [-0.2, -0.15) is 0 Å². The van der Waals surface area contributed by atoms with Crippen molar-refractivity contribution in [2.75, 3.05) is 43.2 Å². The number of hydrogen-bond acceptors (Lipinski definition) is 5. The van der Waals surface area contributed by atoms with Gasteiger partial charge in [0.05, 0.1) is 36.9 Å². The molecule has 0 N–H and O–H groups in total. The highest BCUT2D eigenvalue weighted by Crippen LogP contribution is 2.20. The molecular weight excluding hydrogens is 299 g/mol. The van der Waals surface area contributed by atoms with E-state index in [2.05, 4.69) is 14.9 Å². The molecule has 0 unspecified atom stereocenters. The number of anilines is 2. The van der Waals surface area contributed by atoms with E-state index in [9.17, 15) is 9.18 Å². The van der Waals surface area contributed by atoms with Crippen molar-refractivity contribution < 1.29 is 13.9 Å². The van der Waals surface area contributed by atoms with E-state index < -0.39 is 11.7 Å². The van der Waals surface area contributed by atoms with Crippen LogP contribution in [0.15, 0.2) is 36.8 Å². The number of hydrogen-bond donors (Lipinski definition) is 0. The second-order valence-corrected chi connectivity index (χ2v) is 5.19. The molecule has 0 radical (unpaired) electrons. The first-order chi connectivity index (χ1) is 11.2. The first-order valence-electron chi connectivity index (χ1n) is 7.33. The molecule has 1 amide bonds. The molecule has 1 saturated heterocycles. The number of rotatable bonds is 3. The Labute approximate surface area is 133 Å². The van der Waals surface area contributed by atoms with Crippen LogP contribution in [0.4, 0.5) is 15.9 Å². The fraction of sp³-hybridized carbons (Fsp3) is 0.312. The van der Waals surface area contributed by atoms with Gasteiger partial charge in [0.25, 0.3) is 5.91 Å². The van der Waals surface area contributed by atoms with Crippen LogP contribution < -0.4 is 9.80 Å². The van der Waals surface area contributed by atoms with Gasteiger partial charge >= 0.3 is 0 Å². The lowest BCUT2D eigenvalue weighted by molar-refractivity contribution is 0.0989. The number of nitrogens with zero attached hydrogens (tertiary/aromatic N) is 4. The zero-order chi connectivity index (χ0) is 16.2. The Morgan fingerprint density at radius 1 is 1.26 bits per heavy atom. The topological polar surface area (TPSA) is 58.6 Å². The summed E-state index contributed by atoms with van der Waals surface area (Å²) in [6.45, 7) is 2.96. The second-order valence-electron chi connectivity index (χ2n) is 5.19. The molecule has 0 atom stereocenters. The summed E-state index contributed by atoms with van der Waals surface area (Å²) in [7, 11) is 1.59. The maximum absolute atomic E-state index is 13.7. The first kappa shape index (κ1) is 15.4. The SMILES string of the molecule is CN(C(=O)c1ccncc1F)c1ccc(N2CCOCC2)nc1. The molecule has 0 aromatic carbocycles. The van der Waals surface area contributed by atoms with E-state index >= 15 is 0 Å². The maximum atomic E-state index is 13.7. The lowest BCUT2D eigenvalue weighted by atomic mass is 10.2. The first-order valence-corrected chi connectivity index (χ1v) is 7.33. The minimum absolute atomic E-state index is 0.0141. The monoisotopic (exact) mass is 316 g/mol. The lowest BCUT2D eigenvalue weighted by Crippen LogP contribution is -2.36. The number of ether oxygens (including phenoxy) is 1. The third-order valence-corrected chi connectivity index (χ3v) is 3.76. The summed E-state index contributed by atoms with van der Waals surface area (Å²) < 4.78 is 19.0. The van der Waals surface area contributed by atoms with Crippen LogP contribution in [0.3, 0.4) is 0 Å². The third-order valence-electron chi connectivity index (χ3n) is 3.76. The summed E-state index contributed by atoms with van der Waals surface area (Å²) in [6.07, 6.45) is 4.03. The van der Waals surface area contributed by atoms with E-state index in [1.54, 1.807) is 19.3 Å². The molecule has 0 bridgehead atoms.